The lowest BCUT2D eigenvalue weighted by Crippen LogP contribution is -2.34. The molecule has 1 aromatic rings. The maximum atomic E-state index is 13.3. The lowest BCUT2D eigenvalue weighted by Gasteiger charge is -2.23. The monoisotopic (exact) mass is 312 g/mol. The van der Waals surface area contributed by atoms with Crippen LogP contribution in [0.3, 0.4) is 0 Å². The van der Waals surface area contributed by atoms with Gasteiger partial charge >= 0.3 is 0 Å². The standard InChI is InChI=1S/C15H21FN2O2S/c1-4-18(11-12(2)3)21(19,20)15-8-7-14(16)10-13(15)6-5-9-17/h7-8,10,12H,4,9,11,17H2,1-3H3. The summed E-state index contributed by atoms with van der Waals surface area (Å²) in [6, 6.07) is 3.51. The van der Waals surface area contributed by atoms with Gasteiger partial charge in [-0.05, 0) is 24.1 Å². The Morgan fingerprint density at radius 2 is 2.05 bits per heavy atom. The van der Waals surface area contributed by atoms with Gasteiger partial charge in [0.15, 0.2) is 0 Å². The van der Waals surface area contributed by atoms with Crippen molar-refractivity contribution in [3.63, 3.8) is 0 Å². The fourth-order valence-corrected chi connectivity index (χ4v) is 3.65. The van der Waals surface area contributed by atoms with Crippen LogP contribution in [0.2, 0.25) is 0 Å². The summed E-state index contributed by atoms with van der Waals surface area (Å²) in [7, 11) is -3.70. The Kier molecular flexibility index (Phi) is 6.34. The highest BCUT2D eigenvalue weighted by atomic mass is 32.2. The number of halogens is 1. The minimum Gasteiger partial charge on any atom is -0.320 e. The molecule has 0 spiro atoms. The molecule has 0 radical (unpaired) electrons. The van der Waals surface area contributed by atoms with Crippen molar-refractivity contribution in [3.8, 4) is 11.8 Å². The number of rotatable bonds is 5. The highest BCUT2D eigenvalue weighted by Crippen LogP contribution is 2.21. The van der Waals surface area contributed by atoms with Gasteiger partial charge in [0.2, 0.25) is 10.0 Å². The highest BCUT2D eigenvalue weighted by molar-refractivity contribution is 7.89. The Hall–Kier alpha value is -1.42. The molecule has 0 fully saturated rings. The zero-order valence-electron chi connectivity index (χ0n) is 12.6. The van der Waals surface area contributed by atoms with Crippen molar-refractivity contribution >= 4 is 10.0 Å². The normalized spacial score (nSPS) is 11.6. The second-order valence-electron chi connectivity index (χ2n) is 5.00. The summed E-state index contributed by atoms with van der Waals surface area (Å²) >= 11 is 0. The minimum atomic E-state index is -3.70. The van der Waals surface area contributed by atoms with Crippen LogP contribution in [-0.2, 0) is 10.0 Å². The Morgan fingerprint density at radius 3 is 2.57 bits per heavy atom. The van der Waals surface area contributed by atoms with E-state index < -0.39 is 15.8 Å². The van der Waals surface area contributed by atoms with E-state index in [0.717, 1.165) is 12.1 Å². The van der Waals surface area contributed by atoms with Gasteiger partial charge in [0.25, 0.3) is 0 Å². The van der Waals surface area contributed by atoms with Gasteiger partial charge in [-0.15, -0.1) is 0 Å². The molecule has 0 aliphatic carbocycles. The largest absolute Gasteiger partial charge is 0.320 e. The topological polar surface area (TPSA) is 63.4 Å². The molecular formula is C15H21FN2O2S. The first-order chi connectivity index (χ1) is 9.82. The fraction of sp³-hybridized carbons (Fsp3) is 0.467. The van der Waals surface area contributed by atoms with E-state index in [1.165, 1.54) is 10.4 Å². The summed E-state index contributed by atoms with van der Waals surface area (Å²) in [6.45, 7) is 6.49. The van der Waals surface area contributed by atoms with Crippen molar-refractivity contribution in [2.24, 2.45) is 11.7 Å². The third kappa shape index (κ3) is 4.53. The first-order valence-electron chi connectivity index (χ1n) is 6.81. The summed E-state index contributed by atoms with van der Waals surface area (Å²) in [5.74, 6) is 4.87. The van der Waals surface area contributed by atoms with Gasteiger partial charge < -0.3 is 5.73 Å². The molecule has 0 aliphatic rings. The second kappa shape index (κ2) is 7.55. The number of benzene rings is 1. The van der Waals surface area contributed by atoms with Gasteiger partial charge in [-0.3, -0.25) is 0 Å². The van der Waals surface area contributed by atoms with Gasteiger partial charge in [-0.1, -0.05) is 32.6 Å². The van der Waals surface area contributed by atoms with Crippen LogP contribution in [0.25, 0.3) is 0 Å². The van der Waals surface area contributed by atoms with Crippen LogP contribution < -0.4 is 5.73 Å². The van der Waals surface area contributed by atoms with Crippen LogP contribution in [0.4, 0.5) is 4.39 Å². The van der Waals surface area contributed by atoms with E-state index in [1.807, 2.05) is 13.8 Å². The molecule has 0 atom stereocenters. The van der Waals surface area contributed by atoms with E-state index in [4.69, 9.17) is 5.73 Å². The SMILES string of the molecule is CCN(CC(C)C)S(=O)(=O)c1ccc(F)cc1C#CCN. The molecule has 2 N–H and O–H groups in total. The molecule has 1 aromatic carbocycles. The molecule has 0 saturated carbocycles. The molecular weight excluding hydrogens is 291 g/mol. The van der Waals surface area contributed by atoms with Crippen molar-refractivity contribution in [1.29, 1.82) is 0 Å². The number of hydrogen-bond acceptors (Lipinski definition) is 3. The smallest absolute Gasteiger partial charge is 0.244 e. The Bertz CT molecular complexity index is 645. The summed E-state index contributed by atoms with van der Waals surface area (Å²) in [5.41, 5.74) is 5.44. The predicted molar refractivity (Wildman–Crippen MR) is 81.6 cm³/mol. The van der Waals surface area contributed by atoms with Crippen LogP contribution in [0, 0.1) is 23.6 Å². The Morgan fingerprint density at radius 1 is 1.38 bits per heavy atom. The average molecular weight is 312 g/mol. The molecule has 4 nitrogen and oxygen atoms in total. The van der Waals surface area contributed by atoms with Gasteiger partial charge in [0.1, 0.15) is 5.82 Å². The van der Waals surface area contributed by atoms with Gasteiger partial charge in [-0.25, -0.2) is 12.8 Å². The van der Waals surface area contributed by atoms with Crippen molar-refractivity contribution < 1.29 is 12.8 Å². The summed E-state index contributed by atoms with van der Waals surface area (Å²) in [5, 5.41) is 0. The van der Waals surface area contributed by atoms with Crippen LogP contribution >= 0.6 is 0 Å². The molecule has 21 heavy (non-hydrogen) atoms. The maximum Gasteiger partial charge on any atom is 0.244 e. The summed E-state index contributed by atoms with van der Waals surface area (Å²) < 4.78 is 40.1. The minimum absolute atomic E-state index is 0.0207. The number of sulfonamides is 1. The van der Waals surface area contributed by atoms with Crippen LogP contribution in [-0.4, -0.2) is 32.4 Å². The number of nitrogens with two attached hydrogens (primary N) is 1. The molecule has 0 aliphatic heterocycles. The Labute approximate surface area is 126 Å². The second-order valence-corrected chi connectivity index (χ2v) is 6.90. The zero-order valence-corrected chi connectivity index (χ0v) is 13.4. The Balaban J connectivity index is 3.36. The first kappa shape index (κ1) is 17.6. The quantitative estimate of drug-likeness (QED) is 0.843. The molecule has 0 heterocycles. The van der Waals surface area contributed by atoms with E-state index in [9.17, 15) is 12.8 Å². The maximum absolute atomic E-state index is 13.3. The molecule has 0 bridgehead atoms. The van der Waals surface area contributed by atoms with Crippen LogP contribution in [0.15, 0.2) is 23.1 Å². The van der Waals surface area contributed by atoms with Crippen molar-refractivity contribution in [1.82, 2.24) is 4.31 Å². The van der Waals surface area contributed by atoms with Crippen LogP contribution in [0.5, 0.6) is 0 Å². The van der Waals surface area contributed by atoms with Crippen molar-refractivity contribution in [3.05, 3.63) is 29.6 Å². The summed E-state index contributed by atoms with van der Waals surface area (Å²) in [4.78, 5) is 0.0207. The molecule has 6 heteroatoms. The van der Waals surface area contributed by atoms with E-state index in [-0.39, 0.29) is 22.9 Å². The zero-order chi connectivity index (χ0) is 16.0. The number of hydrogen-bond donors (Lipinski definition) is 1. The third-order valence-corrected chi connectivity index (χ3v) is 4.80. The third-order valence-electron chi connectivity index (χ3n) is 2.81. The fourth-order valence-electron chi connectivity index (χ4n) is 1.91. The lowest BCUT2D eigenvalue weighted by molar-refractivity contribution is 0.380. The van der Waals surface area contributed by atoms with Gasteiger partial charge in [0, 0.05) is 18.7 Å². The van der Waals surface area contributed by atoms with Crippen molar-refractivity contribution in [2.75, 3.05) is 19.6 Å². The molecule has 0 saturated heterocycles. The number of nitrogens with zero attached hydrogens (tertiary/aromatic N) is 1. The molecule has 0 amide bonds. The molecule has 1 rings (SSSR count). The molecule has 0 aromatic heterocycles. The average Bonchev–Trinajstić information content (AvgIpc) is 2.41. The highest BCUT2D eigenvalue weighted by Gasteiger charge is 2.26. The molecule has 0 unspecified atom stereocenters. The van der Waals surface area contributed by atoms with E-state index in [1.54, 1.807) is 6.92 Å². The molecule has 116 valence electrons. The predicted octanol–water partition coefficient (Wildman–Crippen LogP) is 1.80. The van der Waals surface area contributed by atoms with E-state index in [2.05, 4.69) is 11.8 Å². The van der Waals surface area contributed by atoms with Crippen LogP contribution in [0.1, 0.15) is 26.3 Å². The van der Waals surface area contributed by atoms with E-state index >= 15 is 0 Å². The van der Waals surface area contributed by atoms with Gasteiger partial charge in [0.05, 0.1) is 11.4 Å². The van der Waals surface area contributed by atoms with E-state index in [0.29, 0.717) is 13.1 Å². The van der Waals surface area contributed by atoms with Crippen molar-refractivity contribution in [2.45, 2.75) is 25.7 Å². The first-order valence-corrected chi connectivity index (χ1v) is 8.25. The van der Waals surface area contributed by atoms with Gasteiger partial charge in [-0.2, -0.15) is 4.31 Å². The lowest BCUT2D eigenvalue weighted by atomic mass is 10.2. The summed E-state index contributed by atoms with van der Waals surface area (Å²) in [6.07, 6.45) is 0.